The zero-order valence-electron chi connectivity index (χ0n) is 15.5. The minimum absolute atomic E-state index is 0. The van der Waals surface area contributed by atoms with Crippen LogP contribution in [0, 0.1) is 6.92 Å². The Kier molecular flexibility index (Phi) is 10.8. The highest BCUT2D eigenvalue weighted by atomic mass is 127. The van der Waals surface area contributed by atoms with Crippen LogP contribution in [-0.2, 0) is 11.3 Å². The van der Waals surface area contributed by atoms with Gasteiger partial charge in [0.05, 0.1) is 26.9 Å². The number of hydrogen-bond acceptors (Lipinski definition) is 4. The number of aryl methyl sites for hydroxylation is 1. The SMILES string of the molecule is CCNC(=NCc1ccc(C)cc1OC)NCCN1CCOCC1.I. The lowest BCUT2D eigenvalue weighted by Crippen LogP contribution is -2.44. The summed E-state index contributed by atoms with van der Waals surface area (Å²) in [6.07, 6.45) is 0. The summed E-state index contributed by atoms with van der Waals surface area (Å²) in [4.78, 5) is 7.08. The van der Waals surface area contributed by atoms with Gasteiger partial charge in [0.15, 0.2) is 5.96 Å². The number of methoxy groups -OCH3 is 1. The van der Waals surface area contributed by atoms with E-state index in [2.05, 4.69) is 46.5 Å². The quantitative estimate of drug-likeness (QED) is 0.369. The Morgan fingerprint density at radius 3 is 2.72 bits per heavy atom. The van der Waals surface area contributed by atoms with Crippen molar-refractivity contribution in [3.05, 3.63) is 29.3 Å². The van der Waals surface area contributed by atoms with Crippen molar-refractivity contribution in [3.63, 3.8) is 0 Å². The van der Waals surface area contributed by atoms with Gasteiger partial charge in [0, 0.05) is 38.3 Å². The smallest absolute Gasteiger partial charge is 0.191 e. The molecule has 0 bridgehead atoms. The Morgan fingerprint density at radius 2 is 2.04 bits per heavy atom. The minimum atomic E-state index is 0. The second-order valence-electron chi connectivity index (χ2n) is 5.89. The summed E-state index contributed by atoms with van der Waals surface area (Å²) in [6.45, 7) is 11.1. The summed E-state index contributed by atoms with van der Waals surface area (Å²) in [6, 6.07) is 6.21. The van der Waals surface area contributed by atoms with Crippen LogP contribution in [0.3, 0.4) is 0 Å². The first-order chi connectivity index (χ1) is 11.7. The Hall–Kier alpha value is -1.06. The van der Waals surface area contributed by atoms with E-state index in [1.807, 2.05) is 6.07 Å². The van der Waals surface area contributed by atoms with Crippen molar-refractivity contribution in [1.29, 1.82) is 0 Å². The molecule has 25 heavy (non-hydrogen) atoms. The number of rotatable bonds is 7. The number of ether oxygens (including phenoxy) is 2. The van der Waals surface area contributed by atoms with Crippen LogP contribution in [0.25, 0.3) is 0 Å². The maximum Gasteiger partial charge on any atom is 0.191 e. The highest BCUT2D eigenvalue weighted by Crippen LogP contribution is 2.20. The summed E-state index contributed by atoms with van der Waals surface area (Å²) in [5.74, 6) is 1.73. The molecule has 1 saturated heterocycles. The number of halogens is 1. The van der Waals surface area contributed by atoms with E-state index >= 15 is 0 Å². The molecule has 1 aromatic carbocycles. The molecule has 1 heterocycles. The van der Waals surface area contributed by atoms with E-state index in [1.165, 1.54) is 5.56 Å². The molecule has 0 unspecified atom stereocenters. The zero-order valence-corrected chi connectivity index (χ0v) is 17.8. The van der Waals surface area contributed by atoms with E-state index < -0.39 is 0 Å². The Morgan fingerprint density at radius 1 is 1.28 bits per heavy atom. The van der Waals surface area contributed by atoms with Gasteiger partial charge < -0.3 is 20.1 Å². The lowest BCUT2D eigenvalue weighted by Gasteiger charge is -2.26. The Labute approximate surface area is 168 Å². The molecule has 2 N–H and O–H groups in total. The van der Waals surface area contributed by atoms with E-state index in [0.29, 0.717) is 6.54 Å². The molecule has 7 heteroatoms. The molecule has 1 aromatic rings. The predicted molar refractivity (Wildman–Crippen MR) is 113 cm³/mol. The Bertz CT molecular complexity index is 534. The third-order valence-corrected chi connectivity index (χ3v) is 4.02. The largest absolute Gasteiger partial charge is 0.496 e. The van der Waals surface area contributed by atoms with E-state index in [9.17, 15) is 0 Å². The number of nitrogens with zero attached hydrogens (tertiary/aromatic N) is 2. The minimum Gasteiger partial charge on any atom is -0.496 e. The monoisotopic (exact) mass is 462 g/mol. The lowest BCUT2D eigenvalue weighted by atomic mass is 10.1. The molecule has 0 atom stereocenters. The van der Waals surface area contributed by atoms with Gasteiger partial charge in [-0.15, -0.1) is 24.0 Å². The van der Waals surface area contributed by atoms with Crippen LogP contribution in [-0.4, -0.2) is 63.9 Å². The molecule has 0 amide bonds. The molecule has 142 valence electrons. The van der Waals surface area contributed by atoms with E-state index in [-0.39, 0.29) is 24.0 Å². The standard InChI is InChI=1S/C18H30N4O2.HI/c1-4-19-18(20-7-8-22-9-11-24-12-10-22)21-14-16-6-5-15(2)13-17(16)23-3;/h5-6,13H,4,7-12,14H2,1-3H3,(H2,19,20,21);1H. The van der Waals surface area contributed by atoms with Gasteiger partial charge in [-0.2, -0.15) is 0 Å². The third-order valence-electron chi connectivity index (χ3n) is 4.02. The number of hydrogen-bond donors (Lipinski definition) is 2. The van der Waals surface area contributed by atoms with E-state index in [4.69, 9.17) is 9.47 Å². The highest BCUT2D eigenvalue weighted by molar-refractivity contribution is 14.0. The molecule has 6 nitrogen and oxygen atoms in total. The van der Waals surface area contributed by atoms with Crippen molar-refractivity contribution in [2.45, 2.75) is 20.4 Å². The van der Waals surface area contributed by atoms with Crippen molar-refractivity contribution in [1.82, 2.24) is 15.5 Å². The van der Waals surface area contributed by atoms with E-state index in [0.717, 1.165) is 63.2 Å². The number of benzene rings is 1. The molecule has 0 spiro atoms. The van der Waals surface area contributed by atoms with Crippen LogP contribution in [0.15, 0.2) is 23.2 Å². The maximum atomic E-state index is 5.45. The highest BCUT2D eigenvalue weighted by Gasteiger charge is 2.09. The van der Waals surface area contributed by atoms with Crippen LogP contribution < -0.4 is 15.4 Å². The number of aliphatic imine (C=N–C) groups is 1. The fraction of sp³-hybridized carbons (Fsp3) is 0.611. The van der Waals surface area contributed by atoms with Crippen molar-refractivity contribution < 1.29 is 9.47 Å². The molecule has 0 aromatic heterocycles. The number of nitrogens with one attached hydrogen (secondary N) is 2. The average molecular weight is 462 g/mol. The van der Waals surface area contributed by atoms with Crippen LogP contribution in [0.5, 0.6) is 5.75 Å². The van der Waals surface area contributed by atoms with Crippen LogP contribution in [0.4, 0.5) is 0 Å². The maximum absolute atomic E-state index is 5.45. The third kappa shape index (κ3) is 7.79. The molecule has 2 rings (SSSR count). The van der Waals surface area contributed by atoms with Crippen molar-refractivity contribution in [3.8, 4) is 5.75 Å². The fourth-order valence-electron chi connectivity index (χ4n) is 2.65. The predicted octanol–water partition coefficient (Wildman–Crippen LogP) is 2.01. The summed E-state index contributed by atoms with van der Waals surface area (Å²) < 4.78 is 10.8. The van der Waals surface area contributed by atoms with Gasteiger partial charge in [0.2, 0.25) is 0 Å². The van der Waals surface area contributed by atoms with Crippen molar-refractivity contribution in [2.75, 3.05) is 53.0 Å². The summed E-state index contributed by atoms with van der Waals surface area (Å²) in [5, 5.41) is 6.70. The topological polar surface area (TPSA) is 58.1 Å². The number of guanidine groups is 1. The van der Waals surface area contributed by atoms with Gasteiger partial charge in [-0.3, -0.25) is 4.90 Å². The molecule has 0 aliphatic carbocycles. The second-order valence-corrected chi connectivity index (χ2v) is 5.89. The van der Waals surface area contributed by atoms with E-state index in [1.54, 1.807) is 7.11 Å². The number of morpholine rings is 1. The van der Waals surface area contributed by atoms with Crippen LogP contribution >= 0.6 is 24.0 Å². The van der Waals surface area contributed by atoms with Crippen molar-refractivity contribution >= 4 is 29.9 Å². The summed E-state index contributed by atoms with van der Waals surface area (Å²) in [7, 11) is 1.70. The van der Waals surface area contributed by atoms with Crippen molar-refractivity contribution in [2.24, 2.45) is 4.99 Å². The first-order valence-electron chi connectivity index (χ1n) is 8.68. The normalized spacial score (nSPS) is 15.4. The molecule has 1 fully saturated rings. The van der Waals surface area contributed by atoms with Gasteiger partial charge in [-0.1, -0.05) is 12.1 Å². The van der Waals surface area contributed by atoms with Crippen LogP contribution in [0.1, 0.15) is 18.1 Å². The fourth-order valence-corrected chi connectivity index (χ4v) is 2.65. The molecule has 1 aliphatic rings. The van der Waals surface area contributed by atoms with Gasteiger partial charge in [-0.25, -0.2) is 4.99 Å². The molecular formula is C18H31IN4O2. The first kappa shape index (κ1) is 22.0. The molecule has 1 aliphatic heterocycles. The molecular weight excluding hydrogens is 431 g/mol. The van der Waals surface area contributed by atoms with Gasteiger partial charge >= 0.3 is 0 Å². The van der Waals surface area contributed by atoms with Gasteiger partial charge in [0.1, 0.15) is 5.75 Å². The first-order valence-corrected chi connectivity index (χ1v) is 8.68. The molecule has 0 saturated carbocycles. The molecule has 0 radical (unpaired) electrons. The van der Waals surface area contributed by atoms with Gasteiger partial charge in [0.25, 0.3) is 0 Å². The summed E-state index contributed by atoms with van der Waals surface area (Å²) >= 11 is 0. The van der Waals surface area contributed by atoms with Crippen LogP contribution in [0.2, 0.25) is 0 Å². The second kappa shape index (κ2) is 12.3. The Balaban J connectivity index is 0.00000312. The van der Waals surface area contributed by atoms with Gasteiger partial charge in [-0.05, 0) is 25.5 Å². The average Bonchev–Trinajstić information content (AvgIpc) is 2.61. The summed E-state index contributed by atoms with van der Waals surface area (Å²) in [5.41, 5.74) is 2.28. The zero-order chi connectivity index (χ0) is 17.2. The lowest BCUT2D eigenvalue weighted by molar-refractivity contribution is 0.0389.